The Bertz CT molecular complexity index is 430. The third-order valence-electron chi connectivity index (χ3n) is 2.71. The third-order valence-corrected chi connectivity index (χ3v) is 2.71. The third kappa shape index (κ3) is 1.63. The number of benzene rings is 1. The Morgan fingerprint density at radius 2 is 1.33 bits per heavy atom. The number of methoxy groups -OCH3 is 2. The Balaban J connectivity index is 3.67. The second kappa shape index (κ2) is 4.22. The minimum absolute atomic E-state index is 0.553. The van der Waals surface area contributed by atoms with Gasteiger partial charge in [0.05, 0.1) is 14.2 Å². The molecule has 0 amide bonds. The lowest BCUT2D eigenvalue weighted by molar-refractivity contribution is 0.394. The van der Waals surface area contributed by atoms with E-state index in [1.165, 1.54) is 0 Å². The number of rotatable bonds is 2. The molecule has 3 nitrogen and oxygen atoms in total. The van der Waals surface area contributed by atoms with Gasteiger partial charge in [0.25, 0.3) is 0 Å². The largest absolute Gasteiger partial charge is 0.496 e. The van der Waals surface area contributed by atoms with Crippen LogP contribution in [-0.2, 0) is 0 Å². The van der Waals surface area contributed by atoms with Crippen molar-refractivity contribution in [2.24, 2.45) is 0 Å². The van der Waals surface area contributed by atoms with Gasteiger partial charge in [0.1, 0.15) is 23.1 Å². The summed E-state index contributed by atoms with van der Waals surface area (Å²) in [5.74, 6) is 1.41. The molecule has 1 rings (SSSR count). The van der Waals surface area contributed by atoms with Gasteiger partial charge in [0.2, 0.25) is 0 Å². The lowest BCUT2D eigenvalue weighted by Gasteiger charge is -2.16. The van der Waals surface area contributed by atoms with Crippen LogP contribution in [0.1, 0.15) is 22.3 Å². The highest BCUT2D eigenvalue weighted by Gasteiger charge is 2.17. The van der Waals surface area contributed by atoms with E-state index in [2.05, 4.69) is 6.07 Å². The minimum atomic E-state index is 0.553. The van der Waals surface area contributed by atoms with Gasteiger partial charge in [-0.1, -0.05) is 0 Å². The molecule has 15 heavy (non-hydrogen) atoms. The van der Waals surface area contributed by atoms with Crippen LogP contribution in [0.2, 0.25) is 0 Å². The van der Waals surface area contributed by atoms with Gasteiger partial charge >= 0.3 is 0 Å². The van der Waals surface area contributed by atoms with Gasteiger partial charge < -0.3 is 9.47 Å². The quantitative estimate of drug-likeness (QED) is 0.745. The SMILES string of the molecule is COc1c(C)c(C)c(OC)c(C#N)c1C. The molecule has 0 heterocycles. The van der Waals surface area contributed by atoms with E-state index in [0.29, 0.717) is 11.3 Å². The van der Waals surface area contributed by atoms with E-state index in [1.54, 1.807) is 14.2 Å². The zero-order valence-electron chi connectivity index (χ0n) is 9.76. The summed E-state index contributed by atoms with van der Waals surface area (Å²) in [6.07, 6.45) is 0. The summed E-state index contributed by atoms with van der Waals surface area (Å²) in [5, 5.41) is 9.08. The molecule has 0 saturated carbocycles. The summed E-state index contributed by atoms with van der Waals surface area (Å²) < 4.78 is 10.5. The van der Waals surface area contributed by atoms with Crippen molar-refractivity contribution in [1.82, 2.24) is 0 Å². The van der Waals surface area contributed by atoms with Crippen LogP contribution in [0.15, 0.2) is 0 Å². The van der Waals surface area contributed by atoms with E-state index in [-0.39, 0.29) is 0 Å². The van der Waals surface area contributed by atoms with Crippen molar-refractivity contribution >= 4 is 0 Å². The molecule has 1 aromatic rings. The molecule has 0 atom stereocenters. The Kier molecular flexibility index (Phi) is 3.21. The summed E-state index contributed by atoms with van der Waals surface area (Å²) in [6, 6.07) is 2.15. The fourth-order valence-electron chi connectivity index (χ4n) is 1.79. The molecule has 0 spiro atoms. The number of nitriles is 1. The monoisotopic (exact) mass is 205 g/mol. The molecule has 0 saturated heterocycles. The first kappa shape index (κ1) is 11.4. The summed E-state index contributed by atoms with van der Waals surface area (Å²) in [7, 11) is 3.19. The fraction of sp³-hybridized carbons (Fsp3) is 0.417. The number of nitrogens with zero attached hydrogens (tertiary/aromatic N) is 1. The van der Waals surface area contributed by atoms with Gasteiger partial charge in [-0.25, -0.2) is 0 Å². The van der Waals surface area contributed by atoms with Crippen LogP contribution in [0.4, 0.5) is 0 Å². The molecule has 0 aliphatic carbocycles. The first-order valence-corrected chi connectivity index (χ1v) is 4.70. The summed E-state index contributed by atoms with van der Waals surface area (Å²) in [4.78, 5) is 0. The predicted octanol–water partition coefficient (Wildman–Crippen LogP) is 2.50. The average molecular weight is 205 g/mol. The van der Waals surface area contributed by atoms with E-state index < -0.39 is 0 Å². The zero-order valence-corrected chi connectivity index (χ0v) is 9.76. The molecule has 0 N–H and O–H groups in total. The maximum atomic E-state index is 9.08. The van der Waals surface area contributed by atoms with Crippen molar-refractivity contribution in [2.75, 3.05) is 14.2 Å². The van der Waals surface area contributed by atoms with Crippen LogP contribution >= 0.6 is 0 Å². The number of hydrogen-bond donors (Lipinski definition) is 0. The van der Waals surface area contributed by atoms with Gasteiger partial charge in [-0.05, 0) is 31.9 Å². The Hall–Kier alpha value is -1.69. The van der Waals surface area contributed by atoms with Gasteiger partial charge in [0.15, 0.2) is 0 Å². The molecule has 0 radical (unpaired) electrons. The Morgan fingerprint density at radius 1 is 0.867 bits per heavy atom. The molecule has 0 aliphatic rings. The van der Waals surface area contributed by atoms with Crippen LogP contribution in [0.5, 0.6) is 11.5 Å². The minimum Gasteiger partial charge on any atom is -0.496 e. The van der Waals surface area contributed by atoms with Crippen LogP contribution < -0.4 is 9.47 Å². The Labute approximate surface area is 90.2 Å². The topological polar surface area (TPSA) is 42.2 Å². The van der Waals surface area contributed by atoms with E-state index in [4.69, 9.17) is 14.7 Å². The van der Waals surface area contributed by atoms with Crippen molar-refractivity contribution < 1.29 is 9.47 Å². The van der Waals surface area contributed by atoms with E-state index >= 15 is 0 Å². The van der Waals surface area contributed by atoms with E-state index in [1.807, 2.05) is 20.8 Å². The smallest absolute Gasteiger partial charge is 0.140 e. The number of hydrogen-bond acceptors (Lipinski definition) is 3. The molecule has 0 bridgehead atoms. The summed E-state index contributed by atoms with van der Waals surface area (Å²) >= 11 is 0. The van der Waals surface area contributed by atoms with Crippen molar-refractivity contribution in [1.29, 1.82) is 5.26 Å². The fourth-order valence-corrected chi connectivity index (χ4v) is 1.79. The molecule has 3 heteroatoms. The molecule has 1 aromatic carbocycles. The van der Waals surface area contributed by atoms with E-state index in [9.17, 15) is 0 Å². The molecule has 0 aliphatic heterocycles. The van der Waals surface area contributed by atoms with E-state index in [0.717, 1.165) is 22.4 Å². The predicted molar refractivity (Wildman–Crippen MR) is 58.5 cm³/mol. The normalized spacial score (nSPS) is 9.60. The van der Waals surface area contributed by atoms with Gasteiger partial charge in [0, 0.05) is 5.56 Å². The van der Waals surface area contributed by atoms with Crippen LogP contribution in [0.3, 0.4) is 0 Å². The van der Waals surface area contributed by atoms with Gasteiger partial charge in [-0.15, -0.1) is 0 Å². The first-order valence-electron chi connectivity index (χ1n) is 4.70. The average Bonchev–Trinajstić information content (AvgIpc) is 2.23. The van der Waals surface area contributed by atoms with Crippen molar-refractivity contribution in [2.45, 2.75) is 20.8 Å². The molecular formula is C12H15NO2. The Morgan fingerprint density at radius 3 is 1.73 bits per heavy atom. The standard InChI is InChI=1S/C12H15NO2/c1-7-8(2)12(15-5)10(6-13)9(3)11(7)14-4/h1-5H3. The highest BCUT2D eigenvalue weighted by Crippen LogP contribution is 2.36. The van der Waals surface area contributed by atoms with Crippen molar-refractivity contribution in [3.05, 3.63) is 22.3 Å². The summed E-state index contributed by atoms with van der Waals surface area (Å²) in [5.41, 5.74) is 3.36. The second-order valence-corrected chi connectivity index (χ2v) is 3.43. The van der Waals surface area contributed by atoms with Crippen LogP contribution in [0.25, 0.3) is 0 Å². The highest BCUT2D eigenvalue weighted by molar-refractivity contribution is 5.62. The second-order valence-electron chi connectivity index (χ2n) is 3.43. The van der Waals surface area contributed by atoms with Crippen LogP contribution in [0, 0.1) is 32.1 Å². The lowest BCUT2D eigenvalue weighted by Crippen LogP contribution is -2.01. The summed E-state index contributed by atoms with van der Waals surface area (Å²) in [6.45, 7) is 5.76. The maximum absolute atomic E-state index is 9.08. The van der Waals surface area contributed by atoms with Gasteiger partial charge in [-0.3, -0.25) is 0 Å². The zero-order chi connectivity index (χ0) is 11.6. The molecule has 80 valence electrons. The van der Waals surface area contributed by atoms with Gasteiger partial charge in [-0.2, -0.15) is 5.26 Å². The molecule has 0 aromatic heterocycles. The molecular weight excluding hydrogens is 190 g/mol. The van der Waals surface area contributed by atoms with Crippen molar-refractivity contribution in [3.63, 3.8) is 0 Å². The number of ether oxygens (including phenoxy) is 2. The maximum Gasteiger partial charge on any atom is 0.140 e. The van der Waals surface area contributed by atoms with Crippen LogP contribution in [-0.4, -0.2) is 14.2 Å². The van der Waals surface area contributed by atoms with Crippen molar-refractivity contribution in [3.8, 4) is 17.6 Å². The first-order chi connectivity index (χ1) is 7.08. The molecule has 0 fully saturated rings. The molecule has 0 unspecified atom stereocenters. The lowest BCUT2D eigenvalue weighted by atomic mass is 9.98. The highest BCUT2D eigenvalue weighted by atomic mass is 16.5.